The van der Waals surface area contributed by atoms with Crippen LogP contribution in [-0.2, 0) is 30.5 Å². The van der Waals surface area contributed by atoms with Crippen LogP contribution in [0.15, 0.2) is 66.7 Å². The molecule has 0 radical (unpaired) electrons. The van der Waals surface area contributed by atoms with Crippen molar-refractivity contribution in [3.63, 3.8) is 0 Å². The molecule has 3 aromatic rings. The van der Waals surface area contributed by atoms with Gasteiger partial charge in [0, 0.05) is 34.9 Å². The zero-order valence-electron chi connectivity index (χ0n) is 21.9. The third kappa shape index (κ3) is 7.63. The first-order valence-corrected chi connectivity index (χ1v) is 15.3. The quantitative estimate of drug-likeness (QED) is 0.266. The molecule has 0 bridgehead atoms. The van der Waals surface area contributed by atoms with E-state index in [0.29, 0.717) is 18.7 Å². The number of hydroxylamine groups is 1. The SMILES string of the molecule is O=C(C[C@]1(c2ccc(-c3cccc(NC(=O)OCc4ccccc4)c3)s2)CCCCS1)NOC1CCCCO1. The van der Waals surface area contributed by atoms with E-state index in [1.165, 1.54) is 4.88 Å². The van der Waals surface area contributed by atoms with Crippen LogP contribution in [0.25, 0.3) is 10.4 Å². The molecule has 2 amide bonds. The van der Waals surface area contributed by atoms with Crippen molar-refractivity contribution < 1.29 is 23.9 Å². The van der Waals surface area contributed by atoms with E-state index in [4.69, 9.17) is 14.3 Å². The summed E-state index contributed by atoms with van der Waals surface area (Å²) in [6.45, 7) is 0.886. The fraction of sp³-hybridized carbons (Fsp3) is 0.400. The van der Waals surface area contributed by atoms with Gasteiger partial charge in [-0.05, 0) is 66.8 Å². The van der Waals surface area contributed by atoms with Gasteiger partial charge in [0.25, 0.3) is 0 Å². The first kappa shape index (κ1) is 27.7. The number of hydrogen-bond donors (Lipinski definition) is 2. The van der Waals surface area contributed by atoms with E-state index in [-0.39, 0.29) is 23.6 Å². The second kappa shape index (κ2) is 13.5. The molecule has 7 nitrogen and oxygen atoms in total. The molecule has 5 rings (SSSR count). The van der Waals surface area contributed by atoms with E-state index in [1.54, 1.807) is 11.3 Å². The minimum atomic E-state index is -0.493. The van der Waals surface area contributed by atoms with Crippen LogP contribution in [-0.4, -0.2) is 30.7 Å². The van der Waals surface area contributed by atoms with E-state index < -0.39 is 6.09 Å². The lowest BCUT2D eigenvalue weighted by molar-refractivity contribution is -0.200. The van der Waals surface area contributed by atoms with Crippen LogP contribution in [0.2, 0.25) is 0 Å². The van der Waals surface area contributed by atoms with Crippen molar-refractivity contribution >= 4 is 40.8 Å². The van der Waals surface area contributed by atoms with Crippen molar-refractivity contribution in [2.75, 3.05) is 17.7 Å². The molecule has 1 aromatic heterocycles. The molecule has 3 heterocycles. The van der Waals surface area contributed by atoms with Crippen LogP contribution < -0.4 is 10.8 Å². The summed E-state index contributed by atoms with van der Waals surface area (Å²) in [5, 5.41) is 2.83. The van der Waals surface area contributed by atoms with E-state index in [0.717, 1.165) is 60.3 Å². The minimum Gasteiger partial charge on any atom is -0.444 e. The van der Waals surface area contributed by atoms with Crippen molar-refractivity contribution in [2.24, 2.45) is 0 Å². The first-order chi connectivity index (χ1) is 19.1. The second-order valence-corrected chi connectivity index (χ2v) is 12.4. The maximum absolute atomic E-state index is 12.9. The molecule has 206 valence electrons. The average Bonchev–Trinajstić information content (AvgIpc) is 3.48. The van der Waals surface area contributed by atoms with Crippen molar-refractivity contribution in [1.29, 1.82) is 0 Å². The number of rotatable bonds is 9. The summed E-state index contributed by atoms with van der Waals surface area (Å²) in [4.78, 5) is 33.1. The molecule has 39 heavy (non-hydrogen) atoms. The number of carbonyl (C=O) groups is 2. The third-order valence-corrected chi connectivity index (χ3v) is 9.98. The molecule has 0 spiro atoms. The van der Waals surface area contributed by atoms with Crippen LogP contribution in [0.5, 0.6) is 0 Å². The summed E-state index contributed by atoms with van der Waals surface area (Å²) in [7, 11) is 0. The molecule has 2 atom stereocenters. The molecule has 0 saturated carbocycles. The van der Waals surface area contributed by atoms with Gasteiger partial charge < -0.3 is 9.47 Å². The molecule has 1 unspecified atom stereocenters. The lowest BCUT2D eigenvalue weighted by Crippen LogP contribution is -2.37. The molecule has 2 N–H and O–H groups in total. The number of benzene rings is 2. The fourth-order valence-electron chi connectivity index (χ4n) is 4.87. The topological polar surface area (TPSA) is 85.9 Å². The third-order valence-electron chi connectivity index (χ3n) is 6.90. The monoisotopic (exact) mass is 566 g/mol. The van der Waals surface area contributed by atoms with Crippen LogP contribution in [0, 0.1) is 0 Å². The summed E-state index contributed by atoms with van der Waals surface area (Å²) in [6, 6.07) is 21.6. The van der Waals surface area contributed by atoms with Gasteiger partial charge in [-0.3, -0.25) is 10.1 Å². The Bertz CT molecular complexity index is 1240. The van der Waals surface area contributed by atoms with E-state index in [2.05, 4.69) is 22.9 Å². The van der Waals surface area contributed by atoms with Gasteiger partial charge in [0.15, 0.2) is 6.29 Å². The van der Waals surface area contributed by atoms with Gasteiger partial charge in [0.2, 0.25) is 5.91 Å². The van der Waals surface area contributed by atoms with Crippen molar-refractivity contribution in [2.45, 2.75) is 62.6 Å². The largest absolute Gasteiger partial charge is 0.444 e. The Labute approximate surface area is 237 Å². The number of carbonyl (C=O) groups excluding carboxylic acids is 2. The molecule has 2 fully saturated rings. The van der Waals surface area contributed by atoms with Crippen molar-refractivity contribution in [3.8, 4) is 10.4 Å². The van der Waals surface area contributed by atoms with Crippen molar-refractivity contribution in [1.82, 2.24) is 5.48 Å². The lowest BCUT2D eigenvalue weighted by atomic mass is 9.94. The highest BCUT2D eigenvalue weighted by molar-refractivity contribution is 8.00. The predicted octanol–water partition coefficient (Wildman–Crippen LogP) is 7.24. The van der Waals surface area contributed by atoms with Gasteiger partial charge >= 0.3 is 6.09 Å². The number of hydrogen-bond acceptors (Lipinski definition) is 7. The van der Waals surface area contributed by atoms with Crippen LogP contribution in [0.3, 0.4) is 0 Å². The van der Waals surface area contributed by atoms with Crippen LogP contribution in [0.1, 0.15) is 55.4 Å². The number of nitrogens with one attached hydrogen (secondary N) is 2. The Kier molecular flexibility index (Phi) is 9.58. The highest BCUT2D eigenvalue weighted by Crippen LogP contribution is 2.51. The molecule has 9 heteroatoms. The lowest BCUT2D eigenvalue weighted by Gasteiger charge is -2.35. The zero-order valence-corrected chi connectivity index (χ0v) is 23.5. The highest BCUT2D eigenvalue weighted by atomic mass is 32.2. The summed E-state index contributed by atoms with van der Waals surface area (Å²) >= 11 is 3.57. The highest BCUT2D eigenvalue weighted by Gasteiger charge is 2.38. The Morgan fingerprint density at radius 1 is 1.00 bits per heavy atom. The van der Waals surface area contributed by atoms with Crippen molar-refractivity contribution in [3.05, 3.63) is 77.2 Å². The van der Waals surface area contributed by atoms with Gasteiger partial charge in [0.05, 0.1) is 4.75 Å². The molecule has 2 aliphatic rings. The standard InChI is InChI=1S/C30H34N2O5S2/c33-27(32-37-28-13-4-6-17-35-28)20-30(16-5-7-18-38-30)26-15-14-25(39-26)23-11-8-12-24(19-23)31-29(34)36-21-22-9-2-1-3-10-22/h1-3,8-12,14-15,19,28H,4-7,13,16-18,20-21H2,(H,31,34)(H,32,33)/t28?,30-/m0/s1. The number of amides is 2. The molecule has 2 aliphatic heterocycles. The van der Waals surface area contributed by atoms with Crippen LogP contribution in [0.4, 0.5) is 10.5 Å². The Hall–Kier alpha value is -2.85. The molecular weight excluding hydrogens is 532 g/mol. The minimum absolute atomic E-state index is 0.117. The van der Waals surface area contributed by atoms with E-state index in [9.17, 15) is 9.59 Å². The number of ether oxygens (including phenoxy) is 2. The van der Waals surface area contributed by atoms with Gasteiger partial charge in [0.1, 0.15) is 6.61 Å². The maximum Gasteiger partial charge on any atom is 0.411 e. The summed E-state index contributed by atoms with van der Waals surface area (Å²) < 4.78 is 10.7. The predicted molar refractivity (Wildman–Crippen MR) is 155 cm³/mol. The maximum atomic E-state index is 12.9. The average molecular weight is 567 g/mol. The van der Waals surface area contributed by atoms with Gasteiger partial charge in [-0.1, -0.05) is 48.9 Å². The van der Waals surface area contributed by atoms with Gasteiger partial charge in [-0.15, -0.1) is 23.1 Å². The van der Waals surface area contributed by atoms with Gasteiger partial charge in [-0.2, -0.15) is 0 Å². The molecule has 2 saturated heterocycles. The number of thiophene rings is 1. The summed E-state index contributed by atoms with van der Waals surface area (Å²) in [5.41, 5.74) is 5.26. The normalized spacial score (nSPS) is 21.2. The summed E-state index contributed by atoms with van der Waals surface area (Å²) in [5.74, 6) is 0.908. The van der Waals surface area contributed by atoms with Crippen LogP contribution >= 0.6 is 23.1 Å². The number of thioether (sulfide) groups is 1. The molecule has 0 aliphatic carbocycles. The number of anilines is 1. The van der Waals surface area contributed by atoms with E-state index in [1.807, 2.05) is 66.4 Å². The fourth-order valence-corrected chi connectivity index (χ4v) is 7.76. The van der Waals surface area contributed by atoms with E-state index >= 15 is 0 Å². The Morgan fingerprint density at radius 2 is 1.90 bits per heavy atom. The first-order valence-electron chi connectivity index (χ1n) is 13.5. The zero-order chi connectivity index (χ0) is 26.9. The molecule has 2 aromatic carbocycles. The second-order valence-electron chi connectivity index (χ2n) is 9.85. The summed E-state index contributed by atoms with van der Waals surface area (Å²) in [6.07, 6.45) is 5.58. The van der Waals surface area contributed by atoms with Gasteiger partial charge in [-0.25, -0.2) is 15.1 Å². The smallest absolute Gasteiger partial charge is 0.411 e. The Morgan fingerprint density at radius 3 is 2.69 bits per heavy atom. The molecular formula is C30H34N2O5S2. The Balaban J connectivity index is 1.23.